The molecule has 0 amide bonds. The SMILES string of the molecule is CON=CC(C=NOC)C(=O)c1ccc(-c2ccccc2)cc1. The zero-order chi connectivity index (χ0) is 16.5. The number of oxime groups is 2. The zero-order valence-electron chi connectivity index (χ0n) is 13.0. The molecule has 0 atom stereocenters. The molecular weight excluding hydrogens is 292 g/mol. The largest absolute Gasteiger partial charge is 0.399 e. The monoisotopic (exact) mass is 310 g/mol. The molecule has 0 unspecified atom stereocenters. The van der Waals surface area contributed by atoms with E-state index in [4.69, 9.17) is 0 Å². The van der Waals surface area contributed by atoms with Gasteiger partial charge in [0.2, 0.25) is 0 Å². The van der Waals surface area contributed by atoms with Gasteiger partial charge in [0, 0.05) is 5.56 Å². The van der Waals surface area contributed by atoms with Crippen molar-refractivity contribution in [3.8, 4) is 11.1 Å². The normalized spacial score (nSPS) is 12.4. The van der Waals surface area contributed by atoms with Gasteiger partial charge in [-0.2, -0.15) is 0 Å². The van der Waals surface area contributed by atoms with Crippen LogP contribution in [0.3, 0.4) is 0 Å². The van der Waals surface area contributed by atoms with Crippen LogP contribution < -0.4 is 0 Å². The van der Waals surface area contributed by atoms with Crippen LogP contribution in [0.15, 0.2) is 64.9 Å². The predicted octanol–water partition coefficient (Wildman–Crippen LogP) is 3.42. The first-order valence-electron chi connectivity index (χ1n) is 7.09. The molecule has 0 spiro atoms. The summed E-state index contributed by atoms with van der Waals surface area (Å²) < 4.78 is 0. The second kappa shape index (κ2) is 8.48. The smallest absolute Gasteiger partial charge is 0.176 e. The van der Waals surface area contributed by atoms with Gasteiger partial charge in [0.25, 0.3) is 0 Å². The molecule has 0 N–H and O–H groups in total. The van der Waals surface area contributed by atoms with Crippen molar-refractivity contribution in [2.75, 3.05) is 14.2 Å². The molecule has 0 fully saturated rings. The Hall–Kier alpha value is -2.95. The minimum absolute atomic E-state index is 0.133. The molecule has 0 saturated carbocycles. The van der Waals surface area contributed by atoms with E-state index in [1.54, 1.807) is 12.1 Å². The second-order valence-electron chi connectivity index (χ2n) is 4.71. The fraction of sp³-hybridized carbons (Fsp3) is 0.167. The fourth-order valence-corrected chi connectivity index (χ4v) is 2.08. The molecular formula is C18H18N2O3. The van der Waals surface area contributed by atoms with Crippen molar-refractivity contribution in [3.63, 3.8) is 0 Å². The third kappa shape index (κ3) is 4.51. The Balaban J connectivity index is 2.21. The molecule has 2 aromatic carbocycles. The number of Topliss-reactive ketones (excluding diaryl/α,β-unsaturated/α-hetero) is 1. The minimum atomic E-state index is -0.641. The molecule has 0 aliphatic rings. The molecule has 0 aliphatic carbocycles. The lowest BCUT2D eigenvalue weighted by atomic mass is 9.97. The van der Waals surface area contributed by atoms with Crippen LogP contribution in [0.2, 0.25) is 0 Å². The summed E-state index contributed by atoms with van der Waals surface area (Å²) in [6.45, 7) is 0. The average Bonchev–Trinajstić information content (AvgIpc) is 2.62. The van der Waals surface area contributed by atoms with E-state index in [9.17, 15) is 4.79 Å². The summed E-state index contributed by atoms with van der Waals surface area (Å²) in [5.74, 6) is -0.774. The van der Waals surface area contributed by atoms with Crippen LogP contribution in [0.5, 0.6) is 0 Å². The van der Waals surface area contributed by atoms with Gasteiger partial charge < -0.3 is 9.68 Å². The third-order valence-corrected chi connectivity index (χ3v) is 3.23. The van der Waals surface area contributed by atoms with Crippen molar-refractivity contribution < 1.29 is 14.5 Å². The molecule has 2 rings (SSSR count). The molecule has 118 valence electrons. The fourth-order valence-electron chi connectivity index (χ4n) is 2.08. The summed E-state index contributed by atoms with van der Waals surface area (Å²) >= 11 is 0. The van der Waals surface area contributed by atoms with E-state index in [2.05, 4.69) is 20.0 Å². The highest BCUT2D eigenvalue weighted by molar-refractivity contribution is 6.15. The van der Waals surface area contributed by atoms with Crippen LogP contribution in [-0.2, 0) is 9.68 Å². The van der Waals surface area contributed by atoms with Gasteiger partial charge in [0.1, 0.15) is 14.2 Å². The number of carbonyl (C=O) groups excluding carboxylic acids is 1. The van der Waals surface area contributed by atoms with Crippen molar-refractivity contribution in [1.29, 1.82) is 0 Å². The molecule has 0 radical (unpaired) electrons. The molecule has 0 heterocycles. The maximum absolute atomic E-state index is 12.5. The summed E-state index contributed by atoms with van der Waals surface area (Å²) in [4.78, 5) is 21.8. The number of benzene rings is 2. The van der Waals surface area contributed by atoms with Gasteiger partial charge in [-0.25, -0.2) is 0 Å². The minimum Gasteiger partial charge on any atom is -0.399 e. The molecule has 5 nitrogen and oxygen atoms in total. The molecule has 0 bridgehead atoms. The van der Waals surface area contributed by atoms with E-state index >= 15 is 0 Å². The molecule has 0 aromatic heterocycles. The van der Waals surface area contributed by atoms with E-state index in [0.717, 1.165) is 11.1 Å². The Morgan fingerprint density at radius 2 is 1.39 bits per heavy atom. The molecule has 2 aromatic rings. The van der Waals surface area contributed by atoms with E-state index < -0.39 is 5.92 Å². The maximum atomic E-state index is 12.5. The lowest BCUT2D eigenvalue weighted by Gasteiger charge is -2.07. The number of hydrogen-bond donors (Lipinski definition) is 0. The van der Waals surface area contributed by atoms with Gasteiger partial charge in [-0.3, -0.25) is 4.79 Å². The second-order valence-corrected chi connectivity index (χ2v) is 4.71. The van der Waals surface area contributed by atoms with Gasteiger partial charge >= 0.3 is 0 Å². The number of hydrogen-bond acceptors (Lipinski definition) is 5. The number of nitrogens with zero attached hydrogens (tertiary/aromatic N) is 2. The van der Waals surface area contributed by atoms with E-state index in [1.165, 1.54) is 26.6 Å². The van der Waals surface area contributed by atoms with Gasteiger partial charge in [-0.15, -0.1) is 0 Å². The highest BCUT2D eigenvalue weighted by Gasteiger charge is 2.17. The standard InChI is InChI=1S/C18H18N2O3/c1-22-19-12-17(13-20-23-2)18(21)16-10-8-15(9-11-16)14-6-4-3-5-7-14/h3-13,17H,1-2H3. The lowest BCUT2D eigenvalue weighted by Crippen LogP contribution is -2.18. The van der Waals surface area contributed by atoms with Gasteiger partial charge in [0.15, 0.2) is 5.78 Å². The van der Waals surface area contributed by atoms with Crippen molar-refractivity contribution in [2.24, 2.45) is 16.2 Å². The zero-order valence-corrected chi connectivity index (χ0v) is 13.0. The van der Waals surface area contributed by atoms with Crippen LogP contribution in [0.1, 0.15) is 10.4 Å². The maximum Gasteiger partial charge on any atom is 0.176 e. The molecule has 0 aliphatic heterocycles. The molecule has 5 heteroatoms. The summed E-state index contributed by atoms with van der Waals surface area (Å²) in [5.41, 5.74) is 2.72. The first-order valence-corrected chi connectivity index (χ1v) is 7.09. The van der Waals surface area contributed by atoms with Crippen LogP contribution in [-0.4, -0.2) is 32.4 Å². The van der Waals surface area contributed by atoms with Crippen molar-refractivity contribution in [3.05, 3.63) is 60.2 Å². The van der Waals surface area contributed by atoms with Crippen molar-refractivity contribution >= 4 is 18.2 Å². The highest BCUT2D eigenvalue weighted by Crippen LogP contribution is 2.20. The van der Waals surface area contributed by atoms with Crippen LogP contribution in [0.25, 0.3) is 11.1 Å². The van der Waals surface area contributed by atoms with Gasteiger partial charge in [-0.05, 0) is 11.1 Å². The Kier molecular flexibility index (Phi) is 6.06. The van der Waals surface area contributed by atoms with Gasteiger partial charge in [0.05, 0.1) is 18.3 Å². The Bertz CT molecular complexity index is 665. The summed E-state index contributed by atoms with van der Waals surface area (Å²) in [6, 6.07) is 17.4. The van der Waals surface area contributed by atoms with Gasteiger partial charge in [-0.1, -0.05) is 64.9 Å². The Labute approximate surface area is 135 Å². The predicted molar refractivity (Wildman–Crippen MR) is 90.7 cm³/mol. The average molecular weight is 310 g/mol. The summed E-state index contributed by atoms with van der Waals surface area (Å²) in [6.07, 6.45) is 2.77. The topological polar surface area (TPSA) is 60.3 Å². The lowest BCUT2D eigenvalue weighted by molar-refractivity contribution is 0.0978. The van der Waals surface area contributed by atoms with Crippen molar-refractivity contribution in [2.45, 2.75) is 0 Å². The first-order chi connectivity index (χ1) is 11.3. The van der Waals surface area contributed by atoms with Crippen LogP contribution >= 0.6 is 0 Å². The van der Waals surface area contributed by atoms with E-state index in [1.807, 2.05) is 42.5 Å². The summed E-state index contributed by atoms with van der Waals surface area (Å²) in [5, 5.41) is 7.29. The first kappa shape index (κ1) is 16.4. The highest BCUT2D eigenvalue weighted by atomic mass is 16.6. The van der Waals surface area contributed by atoms with Crippen molar-refractivity contribution in [1.82, 2.24) is 0 Å². The number of ketones is 1. The van der Waals surface area contributed by atoms with E-state index in [-0.39, 0.29) is 5.78 Å². The third-order valence-electron chi connectivity index (χ3n) is 3.23. The Morgan fingerprint density at radius 1 is 0.870 bits per heavy atom. The van der Waals surface area contributed by atoms with Crippen LogP contribution in [0.4, 0.5) is 0 Å². The molecule has 0 saturated heterocycles. The van der Waals surface area contributed by atoms with Crippen LogP contribution in [0, 0.1) is 5.92 Å². The number of rotatable bonds is 7. The number of carbonyl (C=O) groups is 1. The van der Waals surface area contributed by atoms with E-state index in [0.29, 0.717) is 5.56 Å². The molecule has 23 heavy (non-hydrogen) atoms. The Morgan fingerprint density at radius 3 is 1.91 bits per heavy atom. The summed E-state index contributed by atoms with van der Waals surface area (Å²) in [7, 11) is 2.83. The quantitative estimate of drug-likeness (QED) is 0.447.